The number of pyridine rings is 1. The second-order valence-electron chi connectivity index (χ2n) is 8.97. The van der Waals surface area contributed by atoms with Crippen LogP contribution in [0.3, 0.4) is 0 Å². The Labute approximate surface area is 199 Å². The summed E-state index contributed by atoms with van der Waals surface area (Å²) in [7, 11) is 0. The molecule has 5 rings (SSSR count). The van der Waals surface area contributed by atoms with Crippen LogP contribution in [0.1, 0.15) is 60.7 Å². The molecule has 182 valence electrons. The van der Waals surface area contributed by atoms with Crippen molar-refractivity contribution in [1.29, 1.82) is 0 Å². The first kappa shape index (κ1) is 23.1. The molecule has 2 aliphatic heterocycles. The normalized spacial score (nSPS) is 20.2. The molecule has 2 amide bonds. The minimum Gasteiger partial charge on any atom is -0.342 e. The van der Waals surface area contributed by atoms with E-state index >= 15 is 0 Å². The van der Waals surface area contributed by atoms with Gasteiger partial charge in [0.15, 0.2) is 5.65 Å². The molecule has 4 heterocycles. The van der Waals surface area contributed by atoms with Gasteiger partial charge in [-0.25, -0.2) is 0 Å². The van der Waals surface area contributed by atoms with Gasteiger partial charge in [-0.15, -0.1) is 10.2 Å². The molecule has 0 saturated carbocycles. The average Bonchev–Trinajstić information content (AvgIpc) is 3.27. The first-order chi connectivity index (χ1) is 16.7. The number of nitrogens with zero attached hydrogens (tertiary/aromatic N) is 5. The van der Waals surface area contributed by atoms with Crippen molar-refractivity contribution in [3.05, 3.63) is 71.3 Å². The minimum atomic E-state index is -4.47. The number of benzene rings is 1. The maximum atomic E-state index is 13.4. The monoisotopic (exact) mass is 483 g/mol. The highest BCUT2D eigenvalue weighted by molar-refractivity contribution is 5.82. The van der Waals surface area contributed by atoms with E-state index in [0.717, 1.165) is 23.4 Å². The van der Waals surface area contributed by atoms with Crippen LogP contribution in [-0.2, 0) is 15.8 Å². The fourth-order valence-electron chi connectivity index (χ4n) is 4.98. The molecule has 1 aromatic carbocycles. The van der Waals surface area contributed by atoms with Crippen molar-refractivity contribution in [2.45, 2.75) is 44.3 Å². The molecular formula is C25H24F3N5O2. The quantitative estimate of drug-likeness (QED) is 0.553. The van der Waals surface area contributed by atoms with E-state index in [1.807, 2.05) is 30.3 Å². The second-order valence-corrected chi connectivity index (χ2v) is 8.97. The van der Waals surface area contributed by atoms with Crippen LogP contribution in [0.15, 0.2) is 48.8 Å². The number of likely N-dealkylation sites (tertiary alicyclic amines) is 1. The summed E-state index contributed by atoms with van der Waals surface area (Å²) in [6.45, 7) is 2.35. The maximum absolute atomic E-state index is 13.4. The van der Waals surface area contributed by atoms with Gasteiger partial charge in [0.1, 0.15) is 5.82 Å². The summed E-state index contributed by atoms with van der Waals surface area (Å²) in [4.78, 5) is 28.9. The van der Waals surface area contributed by atoms with E-state index < -0.39 is 17.8 Å². The van der Waals surface area contributed by atoms with Crippen LogP contribution < -0.4 is 0 Å². The van der Waals surface area contributed by atoms with Crippen LogP contribution >= 0.6 is 0 Å². The van der Waals surface area contributed by atoms with E-state index in [-0.39, 0.29) is 24.2 Å². The van der Waals surface area contributed by atoms with Crippen LogP contribution in [0, 0.1) is 0 Å². The Kier molecular flexibility index (Phi) is 5.82. The number of hydrogen-bond acceptors (Lipinski definition) is 4. The molecule has 2 aromatic heterocycles. The SMILES string of the molecule is CC(=O)N1C=Cc2ccccc2C1CC(=O)N1CCCC(c2nnc3ccc(C(F)(F)F)cn23)C1. The number of aromatic nitrogens is 3. The number of carbonyl (C=O) groups excluding carboxylic acids is 2. The molecule has 0 spiro atoms. The zero-order valence-electron chi connectivity index (χ0n) is 19.1. The highest BCUT2D eigenvalue weighted by Gasteiger charge is 2.34. The fourth-order valence-corrected chi connectivity index (χ4v) is 4.98. The van der Waals surface area contributed by atoms with Crippen LogP contribution in [0.5, 0.6) is 0 Å². The highest BCUT2D eigenvalue weighted by Crippen LogP contribution is 2.35. The zero-order valence-corrected chi connectivity index (χ0v) is 19.1. The lowest BCUT2D eigenvalue weighted by atomic mass is 9.92. The topological polar surface area (TPSA) is 70.8 Å². The molecule has 10 heteroatoms. The Morgan fingerprint density at radius 3 is 2.69 bits per heavy atom. The van der Waals surface area contributed by atoms with E-state index in [1.165, 1.54) is 17.4 Å². The summed E-state index contributed by atoms with van der Waals surface area (Å²) >= 11 is 0. The summed E-state index contributed by atoms with van der Waals surface area (Å²) in [5.41, 5.74) is 1.44. The van der Waals surface area contributed by atoms with Gasteiger partial charge in [-0.05, 0) is 42.2 Å². The van der Waals surface area contributed by atoms with E-state index in [2.05, 4.69) is 10.2 Å². The third-order valence-electron chi connectivity index (χ3n) is 6.73. The summed E-state index contributed by atoms with van der Waals surface area (Å²) in [6, 6.07) is 9.54. The van der Waals surface area contributed by atoms with Crippen LogP contribution in [0.2, 0.25) is 0 Å². The summed E-state index contributed by atoms with van der Waals surface area (Å²) in [5, 5.41) is 8.19. The third kappa shape index (κ3) is 4.40. The molecule has 7 nitrogen and oxygen atoms in total. The minimum absolute atomic E-state index is 0.110. The van der Waals surface area contributed by atoms with Crippen LogP contribution in [0.25, 0.3) is 11.7 Å². The van der Waals surface area contributed by atoms with Gasteiger partial charge in [-0.3, -0.25) is 14.0 Å². The van der Waals surface area contributed by atoms with E-state index in [9.17, 15) is 22.8 Å². The van der Waals surface area contributed by atoms with Gasteiger partial charge >= 0.3 is 6.18 Å². The Hall–Kier alpha value is -3.69. The van der Waals surface area contributed by atoms with Crippen molar-refractivity contribution >= 4 is 23.5 Å². The number of piperidine rings is 1. The molecule has 3 aromatic rings. The third-order valence-corrected chi connectivity index (χ3v) is 6.73. The van der Waals surface area contributed by atoms with Gasteiger partial charge in [0.05, 0.1) is 18.0 Å². The smallest absolute Gasteiger partial charge is 0.342 e. The number of hydrogen-bond donors (Lipinski definition) is 0. The number of carbonyl (C=O) groups is 2. The summed E-state index contributed by atoms with van der Waals surface area (Å²) in [6.07, 6.45) is 1.62. The van der Waals surface area contributed by atoms with Gasteiger partial charge in [-0.2, -0.15) is 13.2 Å². The highest BCUT2D eigenvalue weighted by atomic mass is 19.4. The molecule has 0 radical (unpaired) electrons. The Balaban J connectivity index is 1.37. The molecule has 0 N–H and O–H groups in total. The summed E-state index contributed by atoms with van der Waals surface area (Å²) < 4.78 is 41.1. The van der Waals surface area contributed by atoms with Gasteiger partial charge in [0.2, 0.25) is 11.8 Å². The summed E-state index contributed by atoms with van der Waals surface area (Å²) in [5.74, 6) is -0.0881. The Morgan fingerprint density at radius 1 is 1.11 bits per heavy atom. The lowest BCUT2D eigenvalue weighted by Gasteiger charge is -2.36. The number of alkyl halides is 3. The fraction of sp³-hybridized carbons (Fsp3) is 0.360. The number of rotatable bonds is 3. The number of halogens is 3. The molecular weight excluding hydrogens is 459 g/mol. The van der Waals surface area contributed by atoms with E-state index in [0.29, 0.717) is 37.4 Å². The van der Waals surface area contributed by atoms with E-state index in [1.54, 1.807) is 16.0 Å². The molecule has 1 fully saturated rings. The zero-order chi connectivity index (χ0) is 24.7. The van der Waals surface area contributed by atoms with Gasteiger partial charge in [0.25, 0.3) is 0 Å². The van der Waals surface area contributed by atoms with Crippen molar-refractivity contribution in [3.63, 3.8) is 0 Å². The average molecular weight is 483 g/mol. The molecule has 35 heavy (non-hydrogen) atoms. The number of amides is 2. The largest absolute Gasteiger partial charge is 0.417 e. The molecule has 1 saturated heterocycles. The number of fused-ring (bicyclic) bond motifs is 2. The van der Waals surface area contributed by atoms with Gasteiger partial charge < -0.3 is 9.80 Å². The standard InChI is InChI=1S/C25H24F3N5O2/c1-16(34)32-12-10-17-5-2-3-7-20(17)21(32)13-23(35)31-11-4-6-18(14-31)24-30-29-22-9-8-19(15-33(22)24)25(26,27)28/h2-3,5,7-10,12,15,18,21H,4,6,11,13-14H2,1H3. The van der Waals surface area contributed by atoms with Crippen molar-refractivity contribution in [2.24, 2.45) is 0 Å². The van der Waals surface area contributed by atoms with Gasteiger partial charge in [-0.1, -0.05) is 24.3 Å². The first-order valence-electron chi connectivity index (χ1n) is 11.5. The maximum Gasteiger partial charge on any atom is 0.417 e. The Morgan fingerprint density at radius 2 is 1.91 bits per heavy atom. The van der Waals surface area contributed by atoms with Crippen LogP contribution in [0.4, 0.5) is 13.2 Å². The molecule has 0 aliphatic carbocycles. The lowest BCUT2D eigenvalue weighted by molar-refractivity contribution is -0.138. The molecule has 2 atom stereocenters. The predicted octanol–water partition coefficient (Wildman–Crippen LogP) is 4.42. The van der Waals surface area contributed by atoms with Crippen molar-refractivity contribution < 1.29 is 22.8 Å². The first-order valence-corrected chi connectivity index (χ1v) is 11.5. The lowest BCUT2D eigenvalue weighted by Crippen LogP contribution is -2.42. The van der Waals surface area contributed by atoms with Gasteiger partial charge in [0, 0.05) is 38.3 Å². The molecule has 2 aliphatic rings. The molecule has 0 bridgehead atoms. The Bertz CT molecular complexity index is 1320. The van der Waals surface area contributed by atoms with E-state index in [4.69, 9.17) is 0 Å². The molecule has 2 unspecified atom stereocenters. The van der Waals surface area contributed by atoms with Crippen molar-refractivity contribution in [2.75, 3.05) is 13.1 Å². The van der Waals surface area contributed by atoms with Crippen LogP contribution in [-0.4, -0.2) is 49.3 Å². The van der Waals surface area contributed by atoms with Crippen molar-refractivity contribution in [3.8, 4) is 0 Å². The predicted molar refractivity (Wildman–Crippen MR) is 122 cm³/mol. The second kappa shape index (κ2) is 8.83. The van der Waals surface area contributed by atoms with Crippen molar-refractivity contribution in [1.82, 2.24) is 24.4 Å².